The second-order valence-electron chi connectivity index (χ2n) is 7.76. The number of hydrogen-bond donors (Lipinski definition) is 1. The van der Waals surface area contributed by atoms with Crippen molar-refractivity contribution in [3.05, 3.63) is 94.0 Å². The molecular formula is C25H27ClN2O4S. The van der Waals surface area contributed by atoms with Crippen molar-refractivity contribution in [3.8, 4) is 5.75 Å². The van der Waals surface area contributed by atoms with E-state index in [1.807, 2.05) is 50.2 Å². The molecule has 3 aromatic carbocycles. The van der Waals surface area contributed by atoms with Crippen molar-refractivity contribution < 1.29 is 17.9 Å². The van der Waals surface area contributed by atoms with E-state index in [9.17, 15) is 13.2 Å². The number of rotatable bonds is 9. The number of ether oxygens (including phenoxy) is 1. The quantitative estimate of drug-likeness (QED) is 0.443. The van der Waals surface area contributed by atoms with Gasteiger partial charge < -0.3 is 10.1 Å². The molecule has 3 aromatic rings. The Morgan fingerprint density at radius 1 is 1.00 bits per heavy atom. The molecule has 0 bridgehead atoms. The number of sulfonamides is 1. The summed E-state index contributed by atoms with van der Waals surface area (Å²) >= 11 is 6.08. The highest BCUT2D eigenvalue weighted by atomic mass is 35.5. The molecule has 0 fully saturated rings. The van der Waals surface area contributed by atoms with E-state index in [0.29, 0.717) is 35.2 Å². The molecule has 0 saturated carbocycles. The third kappa shape index (κ3) is 6.73. The summed E-state index contributed by atoms with van der Waals surface area (Å²) < 4.78 is 31.8. The zero-order valence-corrected chi connectivity index (χ0v) is 20.4. The lowest BCUT2D eigenvalue weighted by Gasteiger charge is -2.23. The van der Waals surface area contributed by atoms with Crippen molar-refractivity contribution in [3.63, 3.8) is 0 Å². The van der Waals surface area contributed by atoms with Gasteiger partial charge in [-0.1, -0.05) is 41.9 Å². The van der Waals surface area contributed by atoms with E-state index in [0.717, 1.165) is 16.7 Å². The van der Waals surface area contributed by atoms with Crippen LogP contribution in [0.1, 0.15) is 27.0 Å². The smallest absolute Gasteiger partial charge is 0.251 e. The molecule has 1 N–H and O–H groups in total. The summed E-state index contributed by atoms with van der Waals surface area (Å²) in [6.07, 6.45) is 1.17. The van der Waals surface area contributed by atoms with Gasteiger partial charge in [-0.25, -0.2) is 8.42 Å². The summed E-state index contributed by atoms with van der Waals surface area (Å²) in [5.41, 5.74) is 3.82. The Balaban J connectivity index is 1.60. The highest BCUT2D eigenvalue weighted by Gasteiger charge is 2.19. The van der Waals surface area contributed by atoms with Crippen molar-refractivity contribution in [2.45, 2.75) is 20.4 Å². The molecule has 0 aliphatic rings. The average molecular weight is 487 g/mol. The first kappa shape index (κ1) is 24.6. The second kappa shape index (κ2) is 10.7. The number of halogens is 1. The van der Waals surface area contributed by atoms with E-state index in [1.165, 1.54) is 10.6 Å². The Bertz CT molecular complexity index is 1230. The lowest BCUT2D eigenvalue weighted by Crippen LogP contribution is -2.30. The van der Waals surface area contributed by atoms with E-state index < -0.39 is 10.0 Å². The predicted molar refractivity (Wildman–Crippen MR) is 133 cm³/mol. The van der Waals surface area contributed by atoms with Gasteiger partial charge >= 0.3 is 0 Å². The van der Waals surface area contributed by atoms with Crippen molar-refractivity contribution >= 4 is 33.2 Å². The van der Waals surface area contributed by atoms with Gasteiger partial charge in [0, 0.05) is 10.6 Å². The van der Waals surface area contributed by atoms with Crippen molar-refractivity contribution in [2.24, 2.45) is 0 Å². The third-order valence-corrected chi connectivity index (χ3v) is 6.74. The van der Waals surface area contributed by atoms with Gasteiger partial charge in [0.2, 0.25) is 10.0 Å². The summed E-state index contributed by atoms with van der Waals surface area (Å²) in [5.74, 6) is 0.371. The van der Waals surface area contributed by atoms with Crippen LogP contribution in [-0.4, -0.2) is 33.7 Å². The number of anilines is 1. The Labute approximate surface area is 200 Å². The van der Waals surface area contributed by atoms with Crippen LogP contribution in [0.4, 0.5) is 5.69 Å². The molecule has 174 valence electrons. The standard InChI is InChI=1S/C25H27ClN2O4S/c1-18-6-4-5-7-21(18)17-28(33(3,30)31)22-11-9-20(10-12-22)25(29)27-14-15-32-23-13-8-19(2)24(26)16-23/h4-13,16H,14-15,17H2,1-3H3,(H,27,29). The molecule has 6 nitrogen and oxygen atoms in total. The molecule has 0 aromatic heterocycles. The molecule has 0 saturated heterocycles. The van der Waals surface area contributed by atoms with Crippen LogP contribution in [-0.2, 0) is 16.6 Å². The molecule has 33 heavy (non-hydrogen) atoms. The summed E-state index contributed by atoms with van der Waals surface area (Å²) in [4.78, 5) is 12.4. The van der Waals surface area contributed by atoms with Crippen LogP contribution in [0.25, 0.3) is 0 Å². The highest BCUT2D eigenvalue weighted by Crippen LogP contribution is 2.23. The number of nitrogens with zero attached hydrogens (tertiary/aromatic N) is 1. The molecular weight excluding hydrogens is 460 g/mol. The predicted octanol–water partition coefficient (Wildman–Crippen LogP) is 4.73. The largest absolute Gasteiger partial charge is 0.492 e. The molecule has 0 atom stereocenters. The number of benzene rings is 3. The van der Waals surface area contributed by atoms with Gasteiger partial charge in [-0.3, -0.25) is 9.10 Å². The maximum absolute atomic E-state index is 12.4. The number of carbonyl (C=O) groups is 1. The maximum Gasteiger partial charge on any atom is 0.251 e. The van der Waals surface area contributed by atoms with Gasteiger partial charge in [0.05, 0.1) is 25.0 Å². The Hall–Kier alpha value is -3.03. The highest BCUT2D eigenvalue weighted by molar-refractivity contribution is 7.92. The van der Waals surface area contributed by atoms with Crippen LogP contribution < -0.4 is 14.4 Å². The van der Waals surface area contributed by atoms with E-state index in [4.69, 9.17) is 16.3 Å². The number of amides is 1. The van der Waals surface area contributed by atoms with Crippen LogP contribution in [0.3, 0.4) is 0 Å². The van der Waals surface area contributed by atoms with Gasteiger partial charge in [-0.15, -0.1) is 0 Å². The van der Waals surface area contributed by atoms with Crippen LogP contribution in [0.2, 0.25) is 5.02 Å². The fourth-order valence-electron chi connectivity index (χ4n) is 3.22. The van der Waals surface area contributed by atoms with E-state index in [2.05, 4.69) is 5.32 Å². The van der Waals surface area contributed by atoms with Gasteiger partial charge in [0.15, 0.2) is 0 Å². The Morgan fingerprint density at radius 2 is 1.70 bits per heavy atom. The summed E-state index contributed by atoms with van der Waals surface area (Å²) in [7, 11) is -3.51. The maximum atomic E-state index is 12.4. The number of aryl methyl sites for hydroxylation is 2. The SMILES string of the molecule is Cc1ccc(OCCNC(=O)c2ccc(N(Cc3ccccc3C)S(C)(=O)=O)cc2)cc1Cl. The molecule has 0 heterocycles. The van der Waals surface area contributed by atoms with Crippen molar-refractivity contribution in [2.75, 3.05) is 23.7 Å². The molecule has 0 radical (unpaired) electrons. The minimum Gasteiger partial charge on any atom is -0.492 e. The fourth-order valence-corrected chi connectivity index (χ4v) is 4.27. The molecule has 0 aliphatic carbocycles. The van der Waals surface area contributed by atoms with Gasteiger partial charge in [0.25, 0.3) is 5.91 Å². The average Bonchev–Trinajstić information content (AvgIpc) is 2.77. The first-order chi connectivity index (χ1) is 15.6. The van der Waals surface area contributed by atoms with Crippen LogP contribution >= 0.6 is 11.6 Å². The van der Waals surface area contributed by atoms with E-state index in [-0.39, 0.29) is 12.5 Å². The third-order valence-electron chi connectivity index (χ3n) is 5.19. The molecule has 3 rings (SSSR count). The Morgan fingerprint density at radius 3 is 2.33 bits per heavy atom. The molecule has 0 aliphatic heterocycles. The second-order valence-corrected chi connectivity index (χ2v) is 10.1. The first-order valence-corrected chi connectivity index (χ1v) is 12.7. The molecule has 8 heteroatoms. The van der Waals surface area contributed by atoms with E-state index >= 15 is 0 Å². The normalized spacial score (nSPS) is 11.2. The number of nitrogens with one attached hydrogen (secondary N) is 1. The van der Waals surface area contributed by atoms with Gasteiger partial charge in [0.1, 0.15) is 12.4 Å². The Kier molecular flexibility index (Phi) is 8.00. The van der Waals surface area contributed by atoms with Crippen LogP contribution in [0, 0.1) is 13.8 Å². The van der Waals surface area contributed by atoms with Crippen LogP contribution in [0.5, 0.6) is 5.75 Å². The lowest BCUT2D eigenvalue weighted by atomic mass is 10.1. The molecule has 1 amide bonds. The fraction of sp³-hybridized carbons (Fsp3) is 0.240. The minimum atomic E-state index is -3.51. The summed E-state index contributed by atoms with van der Waals surface area (Å²) in [6, 6.07) is 19.6. The zero-order chi connectivity index (χ0) is 24.0. The number of hydrogen-bond acceptors (Lipinski definition) is 4. The topological polar surface area (TPSA) is 75.7 Å². The van der Waals surface area contributed by atoms with Gasteiger partial charge in [-0.2, -0.15) is 0 Å². The zero-order valence-electron chi connectivity index (χ0n) is 18.8. The first-order valence-electron chi connectivity index (χ1n) is 10.4. The monoisotopic (exact) mass is 486 g/mol. The number of carbonyl (C=O) groups excluding carboxylic acids is 1. The molecule has 0 spiro atoms. The molecule has 0 unspecified atom stereocenters. The van der Waals surface area contributed by atoms with E-state index in [1.54, 1.807) is 30.3 Å². The van der Waals surface area contributed by atoms with Crippen molar-refractivity contribution in [1.82, 2.24) is 5.32 Å². The van der Waals surface area contributed by atoms with Gasteiger partial charge in [-0.05, 0) is 66.9 Å². The van der Waals surface area contributed by atoms with Crippen molar-refractivity contribution in [1.29, 1.82) is 0 Å². The minimum absolute atomic E-state index is 0.220. The summed E-state index contributed by atoms with van der Waals surface area (Å²) in [5, 5.41) is 3.42. The lowest BCUT2D eigenvalue weighted by molar-refractivity contribution is 0.0947. The summed E-state index contributed by atoms with van der Waals surface area (Å²) in [6.45, 7) is 4.68. The van der Waals surface area contributed by atoms with Crippen LogP contribution in [0.15, 0.2) is 66.7 Å².